The molecule has 116 valence electrons. The van der Waals surface area contributed by atoms with Crippen LogP contribution in [-0.4, -0.2) is 25.0 Å². The van der Waals surface area contributed by atoms with Crippen molar-refractivity contribution in [1.82, 2.24) is 10.6 Å². The third-order valence-corrected chi connectivity index (χ3v) is 3.08. The zero-order chi connectivity index (χ0) is 15.8. The van der Waals surface area contributed by atoms with Crippen LogP contribution in [0.1, 0.15) is 32.4 Å². The molecule has 1 rings (SSSR count). The van der Waals surface area contributed by atoms with E-state index in [4.69, 9.17) is 5.73 Å². The molecule has 0 heterocycles. The molecule has 1 atom stereocenters. The van der Waals surface area contributed by atoms with E-state index in [1.165, 1.54) is 0 Å². The third kappa shape index (κ3) is 6.27. The molecule has 0 saturated carbocycles. The quantitative estimate of drug-likeness (QED) is 0.575. The lowest BCUT2D eigenvalue weighted by molar-refractivity contribution is -0.123. The Morgan fingerprint density at radius 2 is 1.71 bits per heavy atom. The molecule has 0 aliphatic carbocycles. The van der Waals surface area contributed by atoms with Gasteiger partial charge in [0.05, 0.1) is 0 Å². The van der Waals surface area contributed by atoms with Gasteiger partial charge >= 0.3 is 6.03 Å². The van der Waals surface area contributed by atoms with Crippen molar-refractivity contribution in [1.29, 1.82) is 0 Å². The van der Waals surface area contributed by atoms with Gasteiger partial charge in [0.1, 0.15) is 0 Å². The molecule has 0 fully saturated rings. The summed E-state index contributed by atoms with van der Waals surface area (Å²) in [5, 5.41) is 8.70. The number of nitrogens with two attached hydrogens (primary N) is 1. The van der Waals surface area contributed by atoms with Crippen molar-refractivity contribution in [2.24, 2.45) is 11.7 Å². The van der Waals surface area contributed by atoms with Crippen molar-refractivity contribution in [3.8, 4) is 0 Å². The molecule has 6 heteroatoms. The highest BCUT2D eigenvalue weighted by molar-refractivity contribution is 5.87. The molecular formula is C15H24N4O2. The molecule has 1 aromatic rings. The summed E-state index contributed by atoms with van der Waals surface area (Å²) >= 11 is 0. The number of hydrogen-bond acceptors (Lipinski definition) is 3. The summed E-state index contributed by atoms with van der Waals surface area (Å²) in [6, 6.07) is 7.04. The first-order valence-corrected chi connectivity index (χ1v) is 7.07. The molecular weight excluding hydrogens is 268 g/mol. The Bertz CT molecular complexity index is 471. The molecule has 0 saturated heterocycles. The maximum absolute atomic E-state index is 11.4. The van der Waals surface area contributed by atoms with Crippen molar-refractivity contribution in [3.05, 3.63) is 29.8 Å². The summed E-state index contributed by atoms with van der Waals surface area (Å²) in [7, 11) is 0. The van der Waals surface area contributed by atoms with Crippen LogP contribution < -0.4 is 21.7 Å². The zero-order valence-electron chi connectivity index (χ0n) is 12.8. The van der Waals surface area contributed by atoms with Crippen LogP contribution in [0.25, 0.3) is 0 Å². The zero-order valence-corrected chi connectivity index (χ0v) is 12.8. The number of nitrogens with one attached hydrogen (secondary N) is 3. The van der Waals surface area contributed by atoms with Gasteiger partial charge in [-0.2, -0.15) is 0 Å². The molecule has 0 radical (unpaired) electrons. The predicted molar refractivity (Wildman–Crippen MR) is 83.9 cm³/mol. The van der Waals surface area contributed by atoms with Crippen molar-refractivity contribution in [2.75, 3.05) is 18.4 Å². The highest BCUT2D eigenvalue weighted by atomic mass is 16.2. The van der Waals surface area contributed by atoms with E-state index in [0.717, 1.165) is 5.56 Å². The number of primary amides is 1. The number of amides is 3. The second kappa shape index (κ2) is 8.26. The number of hydrogen-bond donors (Lipinski definition) is 4. The maximum Gasteiger partial charge on any atom is 0.316 e. The Kier molecular flexibility index (Phi) is 6.68. The first-order valence-electron chi connectivity index (χ1n) is 7.07. The summed E-state index contributed by atoms with van der Waals surface area (Å²) in [5.41, 5.74) is 6.82. The van der Waals surface area contributed by atoms with Gasteiger partial charge in [-0.25, -0.2) is 4.79 Å². The fourth-order valence-corrected chi connectivity index (χ4v) is 1.79. The van der Waals surface area contributed by atoms with Gasteiger partial charge in [-0.15, -0.1) is 0 Å². The Morgan fingerprint density at radius 1 is 1.10 bits per heavy atom. The number of benzene rings is 1. The van der Waals surface area contributed by atoms with E-state index in [0.29, 0.717) is 18.8 Å². The molecule has 0 aliphatic rings. The average Bonchev–Trinajstić information content (AvgIpc) is 2.43. The lowest BCUT2D eigenvalue weighted by Crippen LogP contribution is -2.35. The van der Waals surface area contributed by atoms with Gasteiger partial charge in [0, 0.05) is 30.7 Å². The van der Waals surface area contributed by atoms with Crippen molar-refractivity contribution in [2.45, 2.75) is 26.8 Å². The van der Waals surface area contributed by atoms with E-state index >= 15 is 0 Å². The normalized spacial score (nSPS) is 12.0. The monoisotopic (exact) mass is 292 g/mol. The largest absolute Gasteiger partial charge is 0.355 e. The van der Waals surface area contributed by atoms with Crippen molar-refractivity contribution in [3.63, 3.8) is 0 Å². The van der Waals surface area contributed by atoms with Gasteiger partial charge in [0.2, 0.25) is 5.91 Å². The molecule has 3 amide bonds. The van der Waals surface area contributed by atoms with Crippen molar-refractivity contribution >= 4 is 17.6 Å². The van der Waals surface area contributed by atoms with Crippen LogP contribution in [0.3, 0.4) is 0 Å². The minimum Gasteiger partial charge on any atom is -0.355 e. The van der Waals surface area contributed by atoms with Crippen LogP contribution in [0.2, 0.25) is 0 Å². The Balaban J connectivity index is 2.36. The highest BCUT2D eigenvalue weighted by Gasteiger charge is 2.07. The van der Waals surface area contributed by atoms with Gasteiger partial charge in [0.25, 0.3) is 0 Å². The average molecular weight is 292 g/mol. The van der Waals surface area contributed by atoms with Gasteiger partial charge in [-0.1, -0.05) is 26.0 Å². The molecule has 1 unspecified atom stereocenters. The number of carbonyl (C=O) groups is 2. The molecule has 6 nitrogen and oxygen atoms in total. The van der Waals surface area contributed by atoms with Crippen LogP contribution >= 0.6 is 0 Å². The SMILES string of the molecule is CC(C)C(=O)NCCNC(C)c1ccc(NC(N)=O)cc1. The number of rotatable bonds is 7. The Hall–Kier alpha value is -2.08. The fourth-order valence-electron chi connectivity index (χ4n) is 1.79. The molecule has 1 aromatic carbocycles. The smallest absolute Gasteiger partial charge is 0.316 e. The van der Waals surface area contributed by atoms with Crippen molar-refractivity contribution < 1.29 is 9.59 Å². The fraction of sp³-hybridized carbons (Fsp3) is 0.467. The van der Waals surface area contributed by atoms with E-state index in [1.54, 1.807) is 12.1 Å². The minimum absolute atomic E-state index is 0.00715. The summed E-state index contributed by atoms with van der Waals surface area (Å²) in [6.07, 6.45) is 0. The molecule has 0 aromatic heterocycles. The lowest BCUT2D eigenvalue weighted by atomic mass is 10.1. The second-order valence-corrected chi connectivity index (χ2v) is 5.23. The van der Waals surface area contributed by atoms with E-state index < -0.39 is 6.03 Å². The Morgan fingerprint density at radius 3 is 2.24 bits per heavy atom. The highest BCUT2D eigenvalue weighted by Crippen LogP contribution is 2.15. The minimum atomic E-state index is -0.574. The second-order valence-electron chi connectivity index (χ2n) is 5.23. The number of urea groups is 1. The number of anilines is 1. The Labute approximate surface area is 125 Å². The molecule has 5 N–H and O–H groups in total. The maximum atomic E-state index is 11.4. The van der Waals surface area contributed by atoms with Crippen LogP contribution in [0.5, 0.6) is 0 Å². The lowest BCUT2D eigenvalue weighted by Gasteiger charge is -2.15. The van der Waals surface area contributed by atoms with E-state index in [1.807, 2.05) is 32.9 Å². The van der Waals surface area contributed by atoms with E-state index in [2.05, 4.69) is 16.0 Å². The summed E-state index contributed by atoms with van der Waals surface area (Å²) in [4.78, 5) is 22.1. The summed E-state index contributed by atoms with van der Waals surface area (Å²) in [5.74, 6) is 0.0686. The molecule has 0 bridgehead atoms. The first kappa shape index (κ1) is 17.0. The van der Waals surface area contributed by atoms with E-state index in [9.17, 15) is 9.59 Å². The number of carbonyl (C=O) groups excluding carboxylic acids is 2. The third-order valence-electron chi connectivity index (χ3n) is 3.08. The predicted octanol–water partition coefficient (Wildman–Crippen LogP) is 1.60. The van der Waals surface area contributed by atoms with Crippen LogP contribution in [0.4, 0.5) is 10.5 Å². The summed E-state index contributed by atoms with van der Waals surface area (Å²) < 4.78 is 0. The van der Waals surface area contributed by atoms with Gasteiger partial charge < -0.3 is 21.7 Å². The van der Waals surface area contributed by atoms with Gasteiger partial charge in [-0.05, 0) is 24.6 Å². The van der Waals surface area contributed by atoms with Crippen LogP contribution in [-0.2, 0) is 4.79 Å². The van der Waals surface area contributed by atoms with Gasteiger partial charge in [0.15, 0.2) is 0 Å². The molecule has 0 spiro atoms. The topological polar surface area (TPSA) is 96.2 Å². The van der Waals surface area contributed by atoms with E-state index in [-0.39, 0.29) is 17.9 Å². The first-order chi connectivity index (χ1) is 9.90. The van der Waals surface area contributed by atoms with Crippen LogP contribution in [0.15, 0.2) is 24.3 Å². The molecule has 0 aliphatic heterocycles. The summed E-state index contributed by atoms with van der Waals surface area (Å²) in [6.45, 7) is 7.07. The molecule has 21 heavy (non-hydrogen) atoms. The standard InChI is InChI=1S/C15H24N4O2/c1-10(2)14(20)18-9-8-17-11(3)12-4-6-13(7-5-12)19-15(16)21/h4-7,10-11,17H,8-9H2,1-3H3,(H,18,20)(H3,16,19,21). The van der Waals surface area contributed by atoms with Crippen LogP contribution in [0, 0.1) is 5.92 Å². The van der Waals surface area contributed by atoms with Gasteiger partial charge in [-0.3, -0.25) is 4.79 Å².